The number of para-hydroxylation sites is 1. The second-order valence-corrected chi connectivity index (χ2v) is 3.82. The van der Waals surface area contributed by atoms with E-state index < -0.39 is 12.1 Å². The topological polar surface area (TPSA) is 66.5 Å². The minimum Gasteiger partial charge on any atom is -0.508 e. The molecule has 78 valence electrons. The number of hydrogen-bond donors (Lipinski definition) is 3. The lowest BCUT2D eigenvalue weighted by molar-refractivity contribution is 0.0970. The van der Waals surface area contributed by atoms with Crippen LogP contribution in [-0.2, 0) is 0 Å². The molecule has 0 radical (unpaired) electrons. The summed E-state index contributed by atoms with van der Waals surface area (Å²) in [5.74, 6) is 0.212. The van der Waals surface area contributed by atoms with E-state index in [2.05, 4.69) is 0 Å². The van der Waals surface area contributed by atoms with Crippen molar-refractivity contribution in [3.05, 3.63) is 29.8 Å². The first-order chi connectivity index (χ1) is 6.54. The lowest BCUT2D eigenvalue weighted by atomic mass is 9.94. The molecule has 1 rings (SSSR count). The highest BCUT2D eigenvalue weighted by Crippen LogP contribution is 2.26. The molecule has 3 heteroatoms. The van der Waals surface area contributed by atoms with E-state index in [4.69, 9.17) is 5.73 Å². The van der Waals surface area contributed by atoms with Crippen LogP contribution in [0.2, 0.25) is 0 Å². The van der Waals surface area contributed by atoms with Gasteiger partial charge >= 0.3 is 0 Å². The first-order valence-corrected chi connectivity index (χ1v) is 4.75. The Bertz CT molecular complexity index is 299. The molecule has 0 aliphatic heterocycles. The molecule has 0 aromatic heterocycles. The van der Waals surface area contributed by atoms with Crippen molar-refractivity contribution < 1.29 is 10.2 Å². The zero-order valence-corrected chi connectivity index (χ0v) is 8.51. The highest BCUT2D eigenvalue weighted by Gasteiger charge is 2.21. The van der Waals surface area contributed by atoms with Crippen LogP contribution in [0.5, 0.6) is 5.75 Å². The molecule has 3 nitrogen and oxygen atoms in total. The summed E-state index contributed by atoms with van der Waals surface area (Å²) < 4.78 is 0. The van der Waals surface area contributed by atoms with Crippen molar-refractivity contribution in [2.45, 2.75) is 26.0 Å². The van der Waals surface area contributed by atoms with Crippen LogP contribution in [0, 0.1) is 5.92 Å². The maximum Gasteiger partial charge on any atom is 0.120 e. The summed E-state index contributed by atoms with van der Waals surface area (Å²) in [5.41, 5.74) is 6.42. The van der Waals surface area contributed by atoms with Gasteiger partial charge in [0.05, 0.1) is 12.1 Å². The van der Waals surface area contributed by atoms with Crippen LogP contribution in [0.4, 0.5) is 0 Å². The quantitative estimate of drug-likeness (QED) is 0.683. The van der Waals surface area contributed by atoms with Crippen LogP contribution >= 0.6 is 0 Å². The van der Waals surface area contributed by atoms with Gasteiger partial charge < -0.3 is 15.9 Å². The zero-order valence-electron chi connectivity index (χ0n) is 8.51. The molecule has 0 aliphatic rings. The number of hydrogen-bond acceptors (Lipinski definition) is 3. The summed E-state index contributed by atoms with van der Waals surface area (Å²) >= 11 is 0. The molecular formula is C11H17NO2. The van der Waals surface area contributed by atoms with E-state index in [1.54, 1.807) is 24.3 Å². The molecule has 0 aliphatic carbocycles. The first kappa shape index (κ1) is 11.0. The van der Waals surface area contributed by atoms with Crippen molar-refractivity contribution in [1.29, 1.82) is 0 Å². The number of aromatic hydroxyl groups is 1. The third-order valence-corrected chi connectivity index (χ3v) is 2.35. The molecule has 1 aromatic rings. The normalized spacial score (nSPS) is 15.5. The lowest BCUT2D eigenvalue weighted by Crippen LogP contribution is -2.30. The number of phenolic OH excluding ortho intramolecular Hbond substituents is 1. The summed E-state index contributed by atoms with van der Waals surface area (Å²) in [6.07, 6.45) is -0.636. The van der Waals surface area contributed by atoms with Gasteiger partial charge in [-0.05, 0) is 12.0 Å². The average molecular weight is 195 g/mol. The maximum absolute atomic E-state index is 9.74. The third-order valence-electron chi connectivity index (χ3n) is 2.35. The van der Waals surface area contributed by atoms with Crippen LogP contribution in [0.1, 0.15) is 25.5 Å². The molecule has 0 amide bonds. The van der Waals surface area contributed by atoms with Crippen molar-refractivity contribution >= 4 is 0 Å². The smallest absolute Gasteiger partial charge is 0.120 e. The lowest BCUT2D eigenvalue weighted by Gasteiger charge is -2.22. The fourth-order valence-corrected chi connectivity index (χ4v) is 1.37. The van der Waals surface area contributed by atoms with Gasteiger partial charge in [0.2, 0.25) is 0 Å². The second kappa shape index (κ2) is 4.44. The largest absolute Gasteiger partial charge is 0.508 e. The molecule has 0 saturated carbocycles. The summed E-state index contributed by atoms with van der Waals surface area (Å²) in [5, 5.41) is 19.3. The molecule has 0 bridgehead atoms. The fraction of sp³-hybridized carbons (Fsp3) is 0.455. The Balaban J connectivity index is 2.89. The molecule has 0 spiro atoms. The summed E-state index contributed by atoms with van der Waals surface area (Å²) in [6.45, 7) is 3.79. The monoisotopic (exact) mass is 195 g/mol. The van der Waals surface area contributed by atoms with Gasteiger partial charge in [-0.1, -0.05) is 32.0 Å². The summed E-state index contributed by atoms with van der Waals surface area (Å²) in [6, 6.07) is 6.29. The number of aliphatic hydroxyl groups excluding tert-OH is 1. The maximum atomic E-state index is 9.74. The highest BCUT2D eigenvalue weighted by molar-refractivity contribution is 5.34. The Morgan fingerprint density at radius 2 is 1.79 bits per heavy atom. The number of benzene rings is 1. The SMILES string of the molecule is CC(C)[C@H](O)[C@H](N)c1ccccc1O. The standard InChI is InChI=1S/C11H17NO2/c1-7(2)11(14)10(12)8-5-3-4-6-9(8)13/h3-7,10-11,13-14H,12H2,1-2H3/t10-,11+/m1/s1. The minimum absolute atomic E-state index is 0.0737. The molecule has 0 fully saturated rings. The van der Waals surface area contributed by atoms with Crippen molar-refractivity contribution in [2.75, 3.05) is 0 Å². The number of nitrogens with two attached hydrogens (primary N) is 1. The summed E-state index contributed by atoms with van der Waals surface area (Å²) in [4.78, 5) is 0. The Hall–Kier alpha value is -1.06. The van der Waals surface area contributed by atoms with Crippen molar-refractivity contribution in [3.63, 3.8) is 0 Å². The van der Waals surface area contributed by atoms with Gasteiger partial charge in [0, 0.05) is 5.56 Å². The van der Waals surface area contributed by atoms with Crippen LogP contribution < -0.4 is 5.73 Å². The average Bonchev–Trinajstić information content (AvgIpc) is 2.16. The first-order valence-electron chi connectivity index (χ1n) is 4.75. The Morgan fingerprint density at radius 3 is 2.29 bits per heavy atom. The van der Waals surface area contributed by atoms with Crippen molar-refractivity contribution in [1.82, 2.24) is 0 Å². The molecule has 0 heterocycles. The van der Waals surface area contributed by atoms with Gasteiger partial charge in [-0.3, -0.25) is 0 Å². The Morgan fingerprint density at radius 1 is 1.21 bits per heavy atom. The summed E-state index contributed by atoms with van der Waals surface area (Å²) in [7, 11) is 0. The predicted octanol–water partition coefficient (Wildman–Crippen LogP) is 1.41. The van der Waals surface area contributed by atoms with Gasteiger partial charge in [0.25, 0.3) is 0 Å². The van der Waals surface area contributed by atoms with E-state index in [1.807, 2.05) is 13.8 Å². The molecular weight excluding hydrogens is 178 g/mol. The minimum atomic E-state index is -0.636. The van der Waals surface area contributed by atoms with Gasteiger partial charge in [0.1, 0.15) is 5.75 Å². The van der Waals surface area contributed by atoms with E-state index in [1.165, 1.54) is 0 Å². The van der Waals surface area contributed by atoms with Crippen LogP contribution in [0.15, 0.2) is 24.3 Å². The number of rotatable bonds is 3. The molecule has 2 atom stereocenters. The van der Waals surface area contributed by atoms with Gasteiger partial charge in [0.15, 0.2) is 0 Å². The number of aliphatic hydroxyl groups is 1. The van der Waals surface area contributed by atoms with Crippen molar-refractivity contribution in [3.8, 4) is 5.75 Å². The second-order valence-electron chi connectivity index (χ2n) is 3.82. The number of phenols is 1. The van der Waals surface area contributed by atoms with Crippen LogP contribution in [0.3, 0.4) is 0 Å². The van der Waals surface area contributed by atoms with Gasteiger partial charge in [-0.15, -0.1) is 0 Å². The van der Waals surface area contributed by atoms with Crippen molar-refractivity contribution in [2.24, 2.45) is 11.7 Å². The van der Waals surface area contributed by atoms with Crippen LogP contribution in [-0.4, -0.2) is 16.3 Å². The van der Waals surface area contributed by atoms with Crippen LogP contribution in [0.25, 0.3) is 0 Å². The Kier molecular flexibility index (Phi) is 3.49. The zero-order chi connectivity index (χ0) is 10.7. The predicted molar refractivity (Wildman–Crippen MR) is 55.9 cm³/mol. The van der Waals surface area contributed by atoms with Gasteiger partial charge in [-0.25, -0.2) is 0 Å². The van der Waals surface area contributed by atoms with E-state index in [9.17, 15) is 10.2 Å². The van der Waals surface area contributed by atoms with E-state index in [-0.39, 0.29) is 11.7 Å². The fourth-order valence-electron chi connectivity index (χ4n) is 1.37. The molecule has 14 heavy (non-hydrogen) atoms. The third kappa shape index (κ3) is 2.25. The van der Waals surface area contributed by atoms with Gasteiger partial charge in [-0.2, -0.15) is 0 Å². The van der Waals surface area contributed by atoms with E-state index >= 15 is 0 Å². The van der Waals surface area contributed by atoms with E-state index in [0.717, 1.165) is 0 Å². The highest BCUT2D eigenvalue weighted by atomic mass is 16.3. The molecule has 0 unspecified atom stereocenters. The van der Waals surface area contributed by atoms with E-state index in [0.29, 0.717) is 5.56 Å². The molecule has 0 saturated heterocycles. The Labute approximate surface area is 84.2 Å². The molecule has 4 N–H and O–H groups in total. The molecule has 1 aromatic carbocycles.